The molecule has 8 heteroatoms. The number of carbonyl (C=O) groups excluding carboxylic acids is 2. The Morgan fingerprint density at radius 2 is 1.90 bits per heavy atom. The lowest BCUT2D eigenvalue weighted by atomic mass is 10.0. The molecule has 1 saturated heterocycles. The third-order valence-electron chi connectivity index (χ3n) is 5.06. The number of piperidine rings is 1. The molecule has 2 N–H and O–H groups in total. The number of benzene rings is 1. The standard InChI is InChI=1S/C21H23ClN4O3/c1-25(19-8-2-15(14-23-19)3-9-20(27)24-29)18-10-12-26(13-11-18)21(28)16-4-6-17(22)7-5-16/h2-9,14,18,29H,10-13H2,1H3,(H,24,27). The SMILES string of the molecule is CN(c1ccc(C=CC(=O)NO)cn1)C1CCN(C(=O)c2ccc(Cl)cc2)CC1. The number of amides is 2. The van der Waals surface area contributed by atoms with Gasteiger partial charge in [-0.1, -0.05) is 11.6 Å². The summed E-state index contributed by atoms with van der Waals surface area (Å²) in [4.78, 5) is 32.1. The quantitative estimate of drug-likeness (QED) is 0.446. The third-order valence-corrected chi connectivity index (χ3v) is 5.31. The lowest BCUT2D eigenvalue weighted by Crippen LogP contribution is -2.45. The minimum absolute atomic E-state index is 0.0314. The first kappa shape index (κ1) is 20.8. The van der Waals surface area contributed by atoms with Crippen molar-refractivity contribution in [2.24, 2.45) is 0 Å². The van der Waals surface area contributed by atoms with Gasteiger partial charge in [-0.25, -0.2) is 10.5 Å². The Morgan fingerprint density at radius 3 is 2.48 bits per heavy atom. The van der Waals surface area contributed by atoms with Crippen LogP contribution in [0.3, 0.4) is 0 Å². The van der Waals surface area contributed by atoms with Gasteiger partial charge in [0, 0.05) is 49.0 Å². The summed E-state index contributed by atoms with van der Waals surface area (Å²) in [5.41, 5.74) is 2.96. The molecule has 7 nitrogen and oxygen atoms in total. The minimum Gasteiger partial charge on any atom is -0.357 e. The number of hydrogen-bond donors (Lipinski definition) is 2. The Kier molecular flexibility index (Phi) is 6.85. The average molecular weight is 415 g/mol. The van der Waals surface area contributed by atoms with Gasteiger partial charge in [0.05, 0.1) is 0 Å². The van der Waals surface area contributed by atoms with Gasteiger partial charge >= 0.3 is 0 Å². The fraction of sp³-hybridized carbons (Fsp3) is 0.286. The highest BCUT2D eigenvalue weighted by Crippen LogP contribution is 2.22. The summed E-state index contributed by atoms with van der Waals surface area (Å²) in [7, 11) is 2.00. The topological polar surface area (TPSA) is 85.8 Å². The number of nitrogens with one attached hydrogen (secondary N) is 1. The summed E-state index contributed by atoms with van der Waals surface area (Å²) >= 11 is 5.89. The monoisotopic (exact) mass is 414 g/mol. The van der Waals surface area contributed by atoms with Crippen molar-refractivity contribution in [3.63, 3.8) is 0 Å². The molecule has 0 unspecified atom stereocenters. The second kappa shape index (κ2) is 9.54. The number of pyridine rings is 1. The molecule has 0 aliphatic carbocycles. The molecule has 3 rings (SSSR count). The molecule has 1 aromatic carbocycles. The lowest BCUT2D eigenvalue weighted by Gasteiger charge is -2.37. The summed E-state index contributed by atoms with van der Waals surface area (Å²) in [6.07, 6.45) is 6.19. The molecule has 1 aliphatic rings. The molecule has 1 fully saturated rings. The number of hydroxylamine groups is 1. The molecule has 2 heterocycles. The van der Waals surface area contributed by atoms with E-state index in [1.165, 1.54) is 6.08 Å². The molecule has 0 bridgehead atoms. The summed E-state index contributed by atoms with van der Waals surface area (Å²) in [6, 6.07) is 11.0. The Labute approximate surface area is 174 Å². The largest absolute Gasteiger partial charge is 0.357 e. The first-order valence-electron chi connectivity index (χ1n) is 9.34. The van der Waals surface area contributed by atoms with Crippen LogP contribution in [-0.4, -0.2) is 53.1 Å². The summed E-state index contributed by atoms with van der Waals surface area (Å²) in [6.45, 7) is 1.38. The Morgan fingerprint density at radius 1 is 1.21 bits per heavy atom. The van der Waals surface area contributed by atoms with E-state index in [1.807, 2.05) is 24.1 Å². The van der Waals surface area contributed by atoms with E-state index in [-0.39, 0.29) is 5.91 Å². The van der Waals surface area contributed by atoms with Crippen LogP contribution in [0, 0.1) is 0 Å². The maximum atomic E-state index is 12.6. The number of nitrogens with zero attached hydrogens (tertiary/aromatic N) is 3. The first-order chi connectivity index (χ1) is 14.0. The normalized spacial score (nSPS) is 14.8. The predicted octanol–water partition coefficient (Wildman–Crippen LogP) is 2.99. The van der Waals surface area contributed by atoms with Gasteiger partial charge in [-0.2, -0.15) is 0 Å². The van der Waals surface area contributed by atoms with Gasteiger partial charge < -0.3 is 9.80 Å². The number of likely N-dealkylation sites (tertiary alicyclic amines) is 1. The highest BCUT2D eigenvalue weighted by atomic mass is 35.5. The average Bonchev–Trinajstić information content (AvgIpc) is 2.77. The van der Waals surface area contributed by atoms with Crippen LogP contribution >= 0.6 is 11.6 Å². The van der Waals surface area contributed by atoms with E-state index in [9.17, 15) is 9.59 Å². The van der Waals surface area contributed by atoms with Crippen LogP contribution in [0.25, 0.3) is 6.08 Å². The van der Waals surface area contributed by atoms with Crippen molar-refractivity contribution in [2.45, 2.75) is 18.9 Å². The Hall–Kier alpha value is -2.90. The maximum Gasteiger partial charge on any atom is 0.267 e. The number of halogens is 1. The molecule has 2 amide bonds. The van der Waals surface area contributed by atoms with Crippen molar-refractivity contribution in [3.8, 4) is 0 Å². The molecular weight excluding hydrogens is 392 g/mol. The van der Waals surface area contributed by atoms with Gasteiger partial charge in [0.15, 0.2) is 0 Å². The summed E-state index contributed by atoms with van der Waals surface area (Å²) < 4.78 is 0. The van der Waals surface area contributed by atoms with Crippen LogP contribution in [-0.2, 0) is 4.79 Å². The van der Waals surface area contributed by atoms with E-state index in [1.54, 1.807) is 42.0 Å². The zero-order valence-corrected chi connectivity index (χ0v) is 16.8. The van der Waals surface area contributed by atoms with Crippen LogP contribution in [0.15, 0.2) is 48.7 Å². The van der Waals surface area contributed by atoms with Gasteiger partial charge in [-0.15, -0.1) is 0 Å². The smallest absolute Gasteiger partial charge is 0.267 e. The molecule has 0 atom stereocenters. The van der Waals surface area contributed by atoms with E-state index in [0.29, 0.717) is 29.7 Å². The molecule has 0 spiro atoms. The van der Waals surface area contributed by atoms with Gasteiger partial charge in [-0.3, -0.25) is 14.8 Å². The molecule has 29 heavy (non-hydrogen) atoms. The molecule has 152 valence electrons. The van der Waals surface area contributed by atoms with Crippen LogP contribution in [0.5, 0.6) is 0 Å². The molecule has 2 aromatic rings. The van der Waals surface area contributed by atoms with Crippen LogP contribution in [0.4, 0.5) is 5.82 Å². The van der Waals surface area contributed by atoms with E-state index < -0.39 is 5.91 Å². The predicted molar refractivity (Wildman–Crippen MR) is 112 cm³/mol. The van der Waals surface area contributed by atoms with Crippen molar-refractivity contribution in [1.82, 2.24) is 15.4 Å². The summed E-state index contributed by atoms with van der Waals surface area (Å²) in [5, 5.41) is 9.12. The van der Waals surface area contributed by atoms with Gasteiger partial charge in [0.25, 0.3) is 11.8 Å². The lowest BCUT2D eigenvalue weighted by molar-refractivity contribution is -0.124. The first-order valence-corrected chi connectivity index (χ1v) is 9.71. The minimum atomic E-state index is -0.592. The van der Waals surface area contributed by atoms with Gasteiger partial charge in [0.2, 0.25) is 0 Å². The molecule has 0 radical (unpaired) electrons. The van der Waals surface area contributed by atoms with Crippen LogP contribution in [0.2, 0.25) is 5.02 Å². The van der Waals surface area contributed by atoms with Crippen molar-refractivity contribution >= 4 is 35.3 Å². The van der Waals surface area contributed by atoms with Crippen molar-refractivity contribution in [3.05, 3.63) is 64.8 Å². The summed E-state index contributed by atoms with van der Waals surface area (Å²) in [5.74, 6) is 0.270. The molecular formula is C21H23ClN4O3. The number of anilines is 1. The third kappa shape index (κ3) is 5.34. The Balaban J connectivity index is 1.56. The van der Waals surface area contributed by atoms with E-state index in [2.05, 4.69) is 9.88 Å². The molecule has 0 saturated carbocycles. The van der Waals surface area contributed by atoms with Crippen LogP contribution < -0.4 is 10.4 Å². The highest BCUT2D eigenvalue weighted by molar-refractivity contribution is 6.30. The second-order valence-corrected chi connectivity index (χ2v) is 7.34. The number of rotatable bonds is 5. The maximum absolute atomic E-state index is 12.6. The molecule has 1 aliphatic heterocycles. The fourth-order valence-electron chi connectivity index (χ4n) is 3.33. The van der Waals surface area contributed by atoms with Gasteiger partial charge in [-0.05, 0) is 60.9 Å². The number of carbonyl (C=O) groups is 2. The molecule has 1 aromatic heterocycles. The van der Waals surface area contributed by atoms with E-state index >= 15 is 0 Å². The van der Waals surface area contributed by atoms with E-state index in [4.69, 9.17) is 16.8 Å². The fourth-order valence-corrected chi connectivity index (χ4v) is 3.46. The zero-order valence-electron chi connectivity index (χ0n) is 16.1. The Bertz CT molecular complexity index is 876. The van der Waals surface area contributed by atoms with Crippen molar-refractivity contribution in [1.29, 1.82) is 0 Å². The zero-order chi connectivity index (χ0) is 20.8. The van der Waals surface area contributed by atoms with Crippen molar-refractivity contribution < 1.29 is 14.8 Å². The number of aromatic nitrogens is 1. The van der Waals surface area contributed by atoms with Crippen molar-refractivity contribution in [2.75, 3.05) is 25.0 Å². The van der Waals surface area contributed by atoms with E-state index in [0.717, 1.165) is 24.2 Å². The highest BCUT2D eigenvalue weighted by Gasteiger charge is 2.26. The second-order valence-electron chi connectivity index (χ2n) is 6.90. The number of hydrogen-bond acceptors (Lipinski definition) is 5. The van der Waals surface area contributed by atoms with Gasteiger partial charge in [0.1, 0.15) is 5.82 Å². The van der Waals surface area contributed by atoms with Crippen LogP contribution in [0.1, 0.15) is 28.8 Å².